The van der Waals surface area contributed by atoms with Gasteiger partial charge in [0.1, 0.15) is 6.04 Å². The van der Waals surface area contributed by atoms with Gasteiger partial charge in [0, 0.05) is 0 Å². The van der Waals surface area contributed by atoms with Crippen molar-refractivity contribution in [3.05, 3.63) is 0 Å². The van der Waals surface area contributed by atoms with Crippen molar-refractivity contribution in [1.29, 1.82) is 0 Å². The van der Waals surface area contributed by atoms with Crippen molar-refractivity contribution in [3.8, 4) is 0 Å². The van der Waals surface area contributed by atoms with Gasteiger partial charge >= 0.3 is 0 Å². The normalized spacial score (nSPS) is 20.1. The molecule has 92 valence electrons. The number of hydrogen-bond acceptors (Lipinski definition) is 2. The van der Waals surface area contributed by atoms with Gasteiger partial charge in [-0.3, -0.25) is 9.79 Å². The van der Waals surface area contributed by atoms with Crippen LogP contribution in [0.4, 0.5) is 0 Å². The number of guanidine groups is 1. The highest BCUT2D eigenvalue weighted by molar-refractivity contribution is 5.87. The van der Waals surface area contributed by atoms with Gasteiger partial charge < -0.3 is 16.8 Å². The van der Waals surface area contributed by atoms with E-state index in [0.717, 1.165) is 12.8 Å². The van der Waals surface area contributed by atoms with Crippen LogP contribution in [-0.2, 0) is 4.79 Å². The first-order valence-corrected chi connectivity index (χ1v) is 5.90. The topological polar surface area (TPSA) is 93.5 Å². The molecule has 1 amide bonds. The molecule has 1 saturated carbocycles. The molecule has 1 unspecified atom stereocenters. The number of primary amides is 1. The summed E-state index contributed by atoms with van der Waals surface area (Å²) in [5, 5.41) is 2.90. The Labute approximate surface area is 96.7 Å². The molecule has 1 fully saturated rings. The van der Waals surface area contributed by atoms with Crippen LogP contribution in [0.25, 0.3) is 0 Å². The van der Waals surface area contributed by atoms with Gasteiger partial charge in [-0.25, -0.2) is 0 Å². The highest BCUT2D eigenvalue weighted by atomic mass is 16.1. The molecule has 5 nitrogen and oxygen atoms in total. The van der Waals surface area contributed by atoms with E-state index in [1.54, 1.807) is 0 Å². The fourth-order valence-electron chi connectivity index (χ4n) is 1.99. The Morgan fingerprint density at radius 2 is 1.88 bits per heavy atom. The Bertz CT molecular complexity index is 269. The first-order valence-electron chi connectivity index (χ1n) is 5.90. The summed E-state index contributed by atoms with van der Waals surface area (Å²) in [4.78, 5) is 15.5. The maximum atomic E-state index is 11.2. The maximum absolute atomic E-state index is 11.2. The molecule has 0 heterocycles. The van der Waals surface area contributed by atoms with Crippen molar-refractivity contribution in [2.75, 3.05) is 0 Å². The van der Waals surface area contributed by atoms with E-state index in [4.69, 9.17) is 11.5 Å². The van der Waals surface area contributed by atoms with Crippen LogP contribution in [-0.4, -0.2) is 24.0 Å². The molecule has 0 aromatic heterocycles. The minimum Gasteiger partial charge on any atom is -0.370 e. The van der Waals surface area contributed by atoms with Crippen LogP contribution in [0.3, 0.4) is 0 Å². The fraction of sp³-hybridized carbons (Fsp3) is 0.818. The smallest absolute Gasteiger partial charge is 0.240 e. The van der Waals surface area contributed by atoms with Crippen LogP contribution in [0.15, 0.2) is 4.99 Å². The van der Waals surface area contributed by atoms with Crippen molar-refractivity contribution in [2.45, 2.75) is 51.6 Å². The lowest BCUT2D eigenvalue weighted by atomic mass is 10.0. The molecular formula is C11H22N4O. The van der Waals surface area contributed by atoms with Crippen molar-refractivity contribution in [1.82, 2.24) is 5.32 Å². The first-order chi connectivity index (χ1) is 7.50. The van der Waals surface area contributed by atoms with Crippen molar-refractivity contribution < 1.29 is 4.79 Å². The number of nitrogens with one attached hydrogen (secondary N) is 1. The second kappa shape index (κ2) is 5.72. The van der Waals surface area contributed by atoms with Gasteiger partial charge in [-0.1, -0.05) is 26.7 Å². The number of carbonyl (C=O) groups excluding carboxylic acids is 1. The van der Waals surface area contributed by atoms with E-state index in [2.05, 4.69) is 10.3 Å². The van der Waals surface area contributed by atoms with Gasteiger partial charge in [0.15, 0.2) is 5.96 Å². The molecule has 1 atom stereocenters. The molecule has 0 aliphatic heterocycles. The zero-order valence-corrected chi connectivity index (χ0v) is 10.1. The molecule has 1 aliphatic rings. The Morgan fingerprint density at radius 1 is 1.31 bits per heavy atom. The minimum atomic E-state index is -0.440. The summed E-state index contributed by atoms with van der Waals surface area (Å²) in [5.74, 6) is 0.0544. The molecule has 0 radical (unpaired) electrons. The zero-order valence-electron chi connectivity index (χ0n) is 10.1. The molecule has 0 aromatic rings. The van der Waals surface area contributed by atoms with E-state index in [1.165, 1.54) is 12.8 Å². The van der Waals surface area contributed by atoms with E-state index in [9.17, 15) is 4.79 Å². The number of aliphatic imine (C=N–C) groups is 1. The Morgan fingerprint density at radius 3 is 2.31 bits per heavy atom. The monoisotopic (exact) mass is 226 g/mol. The fourth-order valence-corrected chi connectivity index (χ4v) is 1.99. The van der Waals surface area contributed by atoms with E-state index < -0.39 is 6.04 Å². The van der Waals surface area contributed by atoms with E-state index in [-0.39, 0.29) is 11.8 Å². The number of nitrogens with zero attached hydrogens (tertiary/aromatic N) is 1. The van der Waals surface area contributed by atoms with Crippen LogP contribution in [0, 0.1) is 5.92 Å². The molecule has 5 heteroatoms. The summed E-state index contributed by atoms with van der Waals surface area (Å²) in [5.41, 5.74) is 11.0. The van der Waals surface area contributed by atoms with Gasteiger partial charge in [-0.15, -0.1) is 0 Å². The molecule has 1 aliphatic carbocycles. The maximum Gasteiger partial charge on any atom is 0.240 e. The Hall–Kier alpha value is -1.26. The predicted molar refractivity (Wildman–Crippen MR) is 64.8 cm³/mol. The molecular weight excluding hydrogens is 204 g/mol. The third kappa shape index (κ3) is 3.72. The summed E-state index contributed by atoms with van der Waals surface area (Å²) in [6, 6.07) is -0.127. The Kier molecular flexibility index (Phi) is 4.58. The van der Waals surface area contributed by atoms with Crippen molar-refractivity contribution in [3.63, 3.8) is 0 Å². The summed E-state index contributed by atoms with van der Waals surface area (Å²) >= 11 is 0. The van der Waals surface area contributed by atoms with Crippen molar-refractivity contribution >= 4 is 11.9 Å². The van der Waals surface area contributed by atoms with E-state index in [0.29, 0.717) is 12.0 Å². The standard InChI is InChI=1S/C11H22N4O/c1-7(2)9(10(12)16)15-11(13)14-8-5-3-4-6-8/h7-9H,3-6H2,1-2H3,(H2,12,16)(H3,13,14,15). The van der Waals surface area contributed by atoms with E-state index >= 15 is 0 Å². The lowest BCUT2D eigenvalue weighted by Gasteiger charge is -2.20. The summed E-state index contributed by atoms with van der Waals surface area (Å²) in [6.45, 7) is 3.84. The molecule has 0 spiro atoms. The van der Waals surface area contributed by atoms with Crippen LogP contribution in [0.5, 0.6) is 0 Å². The molecule has 0 aromatic carbocycles. The van der Waals surface area contributed by atoms with Gasteiger partial charge in [0.25, 0.3) is 0 Å². The zero-order chi connectivity index (χ0) is 12.1. The van der Waals surface area contributed by atoms with Gasteiger partial charge in [0.2, 0.25) is 5.91 Å². The largest absolute Gasteiger partial charge is 0.370 e. The molecule has 1 rings (SSSR count). The molecule has 0 bridgehead atoms. The second-order valence-electron chi connectivity index (χ2n) is 4.72. The van der Waals surface area contributed by atoms with Crippen LogP contribution in [0.1, 0.15) is 39.5 Å². The number of carbonyl (C=O) groups is 1. The third-order valence-electron chi connectivity index (χ3n) is 2.92. The van der Waals surface area contributed by atoms with Crippen LogP contribution >= 0.6 is 0 Å². The molecule has 16 heavy (non-hydrogen) atoms. The summed E-state index contributed by atoms with van der Waals surface area (Å²) in [6.07, 6.45) is 4.60. The Balaban J connectivity index is 2.53. The van der Waals surface area contributed by atoms with Gasteiger partial charge in [-0.05, 0) is 18.8 Å². The van der Waals surface area contributed by atoms with E-state index in [1.807, 2.05) is 13.8 Å². The highest BCUT2D eigenvalue weighted by Gasteiger charge is 2.20. The number of nitrogens with two attached hydrogens (primary N) is 2. The molecule has 5 N–H and O–H groups in total. The third-order valence-corrected chi connectivity index (χ3v) is 2.92. The quantitative estimate of drug-likeness (QED) is 0.476. The number of rotatable bonds is 4. The lowest BCUT2D eigenvalue weighted by Crippen LogP contribution is -2.50. The second-order valence-corrected chi connectivity index (χ2v) is 4.72. The minimum absolute atomic E-state index is 0.106. The predicted octanol–water partition coefficient (Wildman–Crippen LogP) is 0.343. The molecule has 0 saturated heterocycles. The lowest BCUT2D eigenvalue weighted by molar-refractivity contribution is -0.120. The van der Waals surface area contributed by atoms with Crippen LogP contribution in [0.2, 0.25) is 0 Å². The first kappa shape index (κ1) is 12.8. The average molecular weight is 226 g/mol. The van der Waals surface area contributed by atoms with Crippen LogP contribution < -0.4 is 16.8 Å². The summed E-state index contributed by atoms with van der Waals surface area (Å²) in [7, 11) is 0. The average Bonchev–Trinajstić information content (AvgIpc) is 2.65. The highest BCUT2D eigenvalue weighted by Crippen LogP contribution is 2.20. The van der Waals surface area contributed by atoms with Gasteiger partial charge in [-0.2, -0.15) is 0 Å². The number of hydrogen-bond donors (Lipinski definition) is 3. The SMILES string of the molecule is CC(C)C(NC(N)=NC1CCCC1)C(N)=O. The number of amides is 1. The summed E-state index contributed by atoms with van der Waals surface area (Å²) < 4.78 is 0. The van der Waals surface area contributed by atoms with Crippen molar-refractivity contribution in [2.24, 2.45) is 22.4 Å². The van der Waals surface area contributed by atoms with Gasteiger partial charge in [0.05, 0.1) is 6.04 Å².